The number of guanidine groups is 1. The van der Waals surface area contributed by atoms with E-state index in [1.54, 1.807) is 0 Å². The Hall–Kier alpha value is -1.72. The number of nitrogens with zero attached hydrogens (tertiary/aromatic N) is 5. The average Bonchev–Trinajstić information content (AvgIpc) is 3.16. The Morgan fingerprint density at radius 2 is 1.79 bits per heavy atom. The van der Waals surface area contributed by atoms with E-state index in [4.69, 9.17) is 9.73 Å². The number of benzene rings is 1. The molecule has 1 aliphatic rings. The second-order valence-electron chi connectivity index (χ2n) is 8.40. The van der Waals surface area contributed by atoms with Crippen molar-refractivity contribution in [3.8, 4) is 0 Å². The normalized spacial score (nSPS) is 15.8. The Bertz CT molecular complexity index is 833. The topological polar surface area (TPSA) is 79.6 Å². The third-order valence-corrected chi connectivity index (χ3v) is 6.45. The zero-order valence-corrected chi connectivity index (χ0v) is 22.8. The van der Waals surface area contributed by atoms with Gasteiger partial charge in [0.25, 0.3) is 0 Å². The van der Waals surface area contributed by atoms with Crippen LogP contribution in [-0.4, -0.2) is 64.5 Å². The van der Waals surface area contributed by atoms with Crippen LogP contribution in [0.25, 0.3) is 0 Å². The fourth-order valence-corrected chi connectivity index (χ4v) is 4.23. The maximum Gasteiger partial charge on any atom is 0.192 e. The number of halogens is 1. The highest BCUT2D eigenvalue weighted by Gasteiger charge is 2.27. The van der Waals surface area contributed by atoms with Gasteiger partial charge < -0.3 is 19.9 Å². The highest BCUT2D eigenvalue weighted by molar-refractivity contribution is 14.0. The first kappa shape index (κ1) is 27.5. The molecule has 1 fully saturated rings. The van der Waals surface area contributed by atoms with Crippen LogP contribution < -0.4 is 10.6 Å². The van der Waals surface area contributed by atoms with E-state index in [-0.39, 0.29) is 24.0 Å². The van der Waals surface area contributed by atoms with Crippen molar-refractivity contribution in [2.24, 2.45) is 18.0 Å². The largest absolute Gasteiger partial charge is 0.379 e. The van der Waals surface area contributed by atoms with Crippen LogP contribution in [0.1, 0.15) is 43.9 Å². The van der Waals surface area contributed by atoms with E-state index in [0.29, 0.717) is 25.0 Å². The molecule has 184 valence electrons. The van der Waals surface area contributed by atoms with E-state index < -0.39 is 0 Å². The van der Waals surface area contributed by atoms with Crippen LogP contribution in [0.3, 0.4) is 0 Å². The molecule has 1 aliphatic heterocycles. The van der Waals surface area contributed by atoms with Gasteiger partial charge in [-0.15, -0.1) is 34.2 Å². The summed E-state index contributed by atoms with van der Waals surface area (Å²) in [5, 5.41) is 15.5. The summed E-state index contributed by atoms with van der Waals surface area (Å²) in [6, 6.07) is 10.8. The van der Waals surface area contributed by atoms with E-state index in [1.165, 1.54) is 18.4 Å². The maximum atomic E-state index is 5.60. The molecule has 9 heteroatoms. The first-order valence-corrected chi connectivity index (χ1v) is 11.8. The van der Waals surface area contributed by atoms with Gasteiger partial charge in [0, 0.05) is 32.7 Å². The van der Waals surface area contributed by atoms with Gasteiger partial charge in [-0.3, -0.25) is 4.90 Å². The first-order valence-electron chi connectivity index (χ1n) is 11.8. The van der Waals surface area contributed by atoms with Gasteiger partial charge in [0.2, 0.25) is 0 Å². The quantitative estimate of drug-likeness (QED) is 0.260. The Morgan fingerprint density at radius 3 is 2.39 bits per heavy atom. The molecule has 1 aromatic heterocycles. The Labute approximate surface area is 215 Å². The highest BCUT2D eigenvalue weighted by atomic mass is 127. The Balaban J connectivity index is 0.00000385. The molecule has 3 rings (SSSR count). The third kappa shape index (κ3) is 8.22. The lowest BCUT2D eigenvalue weighted by atomic mass is 9.92. The molecule has 33 heavy (non-hydrogen) atoms. The molecule has 0 aliphatic carbocycles. The number of aromatic nitrogens is 3. The van der Waals surface area contributed by atoms with Crippen LogP contribution in [0.2, 0.25) is 0 Å². The monoisotopic (exact) mass is 569 g/mol. The van der Waals surface area contributed by atoms with Crippen molar-refractivity contribution in [3.05, 3.63) is 47.5 Å². The van der Waals surface area contributed by atoms with Crippen molar-refractivity contribution in [2.75, 3.05) is 32.8 Å². The Kier molecular flexibility index (Phi) is 12.1. The molecule has 2 N–H and O–H groups in total. The predicted octanol–water partition coefficient (Wildman–Crippen LogP) is 3.11. The highest BCUT2D eigenvalue weighted by Crippen LogP contribution is 2.19. The molecule has 0 amide bonds. The van der Waals surface area contributed by atoms with E-state index in [0.717, 1.165) is 50.5 Å². The van der Waals surface area contributed by atoms with Gasteiger partial charge in [0.1, 0.15) is 5.82 Å². The number of rotatable bonds is 10. The lowest BCUT2D eigenvalue weighted by Gasteiger charge is -2.39. The standard InChI is InChI=1S/C24H39N7O.HI/c1-5-21(6-2)22(31-12-14-32-15-13-31)17-26-24(25-16-20-10-8-7-9-11-20)27-18-23-29-28-19(3)30(23)4;/h7-11,21-22H,5-6,12-18H2,1-4H3,(H2,25,26,27);1H. The van der Waals surface area contributed by atoms with E-state index >= 15 is 0 Å². The lowest BCUT2D eigenvalue weighted by Crippen LogP contribution is -2.53. The summed E-state index contributed by atoms with van der Waals surface area (Å²) in [6.45, 7) is 12.2. The van der Waals surface area contributed by atoms with Crippen LogP contribution in [-0.2, 0) is 24.9 Å². The molecular weight excluding hydrogens is 529 g/mol. The third-order valence-electron chi connectivity index (χ3n) is 6.45. The number of nitrogens with one attached hydrogen (secondary N) is 2. The molecule has 2 heterocycles. The fourth-order valence-electron chi connectivity index (χ4n) is 4.23. The van der Waals surface area contributed by atoms with Gasteiger partial charge in [-0.1, -0.05) is 57.0 Å². The molecule has 1 aromatic carbocycles. The van der Waals surface area contributed by atoms with Gasteiger partial charge >= 0.3 is 0 Å². The minimum atomic E-state index is 0. The molecule has 1 atom stereocenters. The Morgan fingerprint density at radius 1 is 1.09 bits per heavy atom. The van der Waals surface area contributed by atoms with E-state index in [9.17, 15) is 0 Å². The van der Waals surface area contributed by atoms with Gasteiger partial charge in [0.05, 0.1) is 26.3 Å². The SMILES string of the molecule is CCC(CC)C(CNC(=NCc1ccccc1)NCc1nnc(C)n1C)N1CCOCC1.I. The van der Waals surface area contributed by atoms with Gasteiger partial charge in [0.15, 0.2) is 11.8 Å². The van der Waals surface area contributed by atoms with E-state index in [2.05, 4.69) is 63.8 Å². The lowest BCUT2D eigenvalue weighted by molar-refractivity contribution is 0.00271. The maximum absolute atomic E-state index is 5.60. The summed E-state index contributed by atoms with van der Waals surface area (Å²) in [5.41, 5.74) is 1.19. The van der Waals surface area contributed by atoms with Gasteiger partial charge in [-0.25, -0.2) is 4.99 Å². The average molecular weight is 570 g/mol. The molecule has 1 unspecified atom stereocenters. The van der Waals surface area contributed by atoms with Crippen molar-refractivity contribution < 1.29 is 4.74 Å². The molecule has 0 bridgehead atoms. The van der Waals surface area contributed by atoms with Gasteiger partial charge in [-0.2, -0.15) is 0 Å². The number of morpholine rings is 1. The minimum Gasteiger partial charge on any atom is -0.379 e. The van der Waals surface area contributed by atoms with Crippen molar-refractivity contribution >= 4 is 29.9 Å². The number of aryl methyl sites for hydroxylation is 1. The van der Waals surface area contributed by atoms with Crippen molar-refractivity contribution in [1.82, 2.24) is 30.3 Å². The van der Waals surface area contributed by atoms with Crippen molar-refractivity contribution in [3.63, 3.8) is 0 Å². The van der Waals surface area contributed by atoms with Crippen molar-refractivity contribution in [2.45, 2.75) is 52.7 Å². The molecular formula is C24H40IN7O. The summed E-state index contributed by atoms with van der Waals surface area (Å²) in [5.74, 6) is 3.23. The minimum absolute atomic E-state index is 0. The number of ether oxygens (including phenoxy) is 1. The molecule has 8 nitrogen and oxygen atoms in total. The smallest absolute Gasteiger partial charge is 0.192 e. The molecule has 2 aromatic rings. The molecule has 1 saturated heterocycles. The molecule has 0 radical (unpaired) electrons. The fraction of sp³-hybridized carbons (Fsp3) is 0.625. The summed E-state index contributed by atoms with van der Waals surface area (Å²) in [4.78, 5) is 7.45. The molecule has 0 spiro atoms. The van der Waals surface area contributed by atoms with Crippen LogP contribution in [0.15, 0.2) is 35.3 Å². The zero-order chi connectivity index (χ0) is 22.8. The number of aliphatic imine (C=N–C) groups is 1. The summed E-state index contributed by atoms with van der Waals surface area (Å²) in [6.07, 6.45) is 2.34. The van der Waals surface area contributed by atoms with Gasteiger partial charge in [-0.05, 0) is 18.4 Å². The van der Waals surface area contributed by atoms with Crippen LogP contribution in [0.4, 0.5) is 0 Å². The summed E-state index contributed by atoms with van der Waals surface area (Å²) >= 11 is 0. The van der Waals surface area contributed by atoms with Crippen LogP contribution >= 0.6 is 24.0 Å². The number of hydrogen-bond donors (Lipinski definition) is 2. The predicted molar refractivity (Wildman–Crippen MR) is 144 cm³/mol. The van der Waals surface area contributed by atoms with E-state index in [1.807, 2.05) is 24.6 Å². The molecule has 0 saturated carbocycles. The number of hydrogen-bond acceptors (Lipinski definition) is 5. The van der Waals surface area contributed by atoms with Crippen molar-refractivity contribution in [1.29, 1.82) is 0 Å². The first-order chi connectivity index (χ1) is 15.6. The summed E-state index contributed by atoms with van der Waals surface area (Å²) < 4.78 is 7.60. The second-order valence-corrected chi connectivity index (χ2v) is 8.40. The summed E-state index contributed by atoms with van der Waals surface area (Å²) in [7, 11) is 1.99. The second kappa shape index (κ2) is 14.5. The zero-order valence-electron chi connectivity index (χ0n) is 20.5. The van der Waals surface area contributed by atoms with Crippen LogP contribution in [0, 0.1) is 12.8 Å². The van der Waals surface area contributed by atoms with Crippen LogP contribution in [0.5, 0.6) is 0 Å².